The maximum absolute atomic E-state index is 12.7. The Balaban J connectivity index is 1.47. The number of nitrogens with one attached hydrogen (secondary N) is 2. The molecule has 0 unspecified atom stereocenters. The fraction of sp³-hybridized carbons (Fsp3) is 0.136. The van der Waals surface area contributed by atoms with Crippen molar-refractivity contribution in [1.29, 1.82) is 0 Å². The van der Waals surface area contributed by atoms with E-state index in [1.807, 2.05) is 6.92 Å². The molecule has 0 aliphatic carbocycles. The zero-order valence-electron chi connectivity index (χ0n) is 16.6. The van der Waals surface area contributed by atoms with Gasteiger partial charge in [0, 0.05) is 12.1 Å². The van der Waals surface area contributed by atoms with Gasteiger partial charge < -0.3 is 19.9 Å². The van der Waals surface area contributed by atoms with Crippen molar-refractivity contribution >= 4 is 21.6 Å². The largest absolute Gasteiger partial charge is 0.506 e. The van der Waals surface area contributed by atoms with Crippen LogP contribution in [0.1, 0.15) is 21.5 Å². The van der Waals surface area contributed by atoms with E-state index in [0.717, 1.165) is 5.56 Å². The van der Waals surface area contributed by atoms with Crippen molar-refractivity contribution in [3.8, 4) is 17.2 Å². The number of anilines is 1. The highest BCUT2D eigenvalue weighted by atomic mass is 32.2. The standard InChI is InChI=1S/C22H20N2O6S/c1-14-5-7-18(19(25)9-14)24-22(26)16-3-2-4-17(11-16)31(27,28)23-12-15-6-8-20-21(10-15)30-13-29-20/h2-11,23,25H,12-13H2,1H3,(H,24,26). The van der Waals surface area contributed by atoms with E-state index in [-0.39, 0.29) is 35.2 Å². The number of ether oxygens (including phenoxy) is 2. The summed E-state index contributed by atoms with van der Waals surface area (Å²) in [6, 6.07) is 15.7. The van der Waals surface area contributed by atoms with E-state index in [1.54, 1.807) is 30.3 Å². The maximum atomic E-state index is 12.7. The first-order valence-corrected chi connectivity index (χ1v) is 10.9. The van der Waals surface area contributed by atoms with Crippen molar-refractivity contribution in [2.24, 2.45) is 0 Å². The highest BCUT2D eigenvalue weighted by Gasteiger charge is 2.18. The minimum atomic E-state index is -3.87. The first kappa shape index (κ1) is 20.7. The van der Waals surface area contributed by atoms with Gasteiger partial charge in [0.25, 0.3) is 5.91 Å². The number of phenolic OH excluding ortho intramolecular Hbond substituents is 1. The number of amides is 1. The zero-order valence-corrected chi connectivity index (χ0v) is 17.4. The van der Waals surface area contributed by atoms with Crippen LogP contribution in [0.4, 0.5) is 5.69 Å². The summed E-state index contributed by atoms with van der Waals surface area (Å²) in [5.74, 6) is 0.578. The summed E-state index contributed by atoms with van der Waals surface area (Å²) >= 11 is 0. The molecule has 8 nitrogen and oxygen atoms in total. The molecular formula is C22H20N2O6S. The zero-order chi connectivity index (χ0) is 22.0. The lowest BCUT2D eigenvalue weighted by Gasteiger charge is -2.10. The van der Waals surface area contributed by atoms with E-state index >= 15 is 0 Å². The van der Waals surface area contributed by atoms with Crippen LogP contribution < -0.4 is 19.5 Å². The Kier molecular flexibility index (Phi) is 5.53. The average molecular weight is 440 g/mol. The van der Waals surface area contributed by atoms with E-state index in [1.165, 1.54) is 30.3 Å². The molecule has 0 aromatic heterocycles. The van der Waals surface area contributed by atoms with E-state index in [2.05, 4.69) is 10.0 Å². The molecule has 3 aromatic carbocycles. The molecule has 1 heterocycles. The Labute approximate surface area is 179 Å². The Hall–Kier alpha value is -3.56. The molecule has 0 spiro atoms. The third-order valence-corrected chi connectivity index (χ3v) is 6.11. The van der Waals surface area contributed by atoms with Crippen molar-refractivity contribution in [2.75, 3.05) is 12.1 Å². The van der Waals surface area contributed by atoms with Gasteiger partial charge in [-0.05, 0) is 60.5 Å². The smallest absolute Gasteiger partial charge is 0.255 e. The second-order valence-electron chi connectivity index (χ2n) is 7.01. The summed E-state index contributed by atoms with van der Waals surface area (Å²) < 4.78 is 38.5. The van der Waals surface area contributed by atoms with Crippen LogP contribution in [0.2, 0.25) is 0 Å². The van der Waals surface area contributed by atoms with Crippen LogP contribution in [0.25, 0.3) is 0 Å². The molecule has 0 bridgehead atoms. The normalized spacial score (nSPS) is 12.5. The van der Waals surface area contributed by atoms with Gasteiger partial charge in [0.1, 0.15) is 5.75 Å². The van der Waals surface area contributed by atoms with Gasteiger partial charge in [-0.25, -0.2) is 13.1 Å². The Bertz CT molecular complexity index is 1260. The lowest BCUT2D eigenvalue weighted by molar-refractivity contribution is 0.102. The second-order valence-corrected chi connectivity index (χ2v) is 8.78. The lowest BCUT2D eigenvalue weighted by atomic mass is 10.2. The van der Waals surface area contributed by atoms with E-state index < -0.39 is 15.9 Å². The van der Waals surface area contributed by atoms with E-state index in [0.29, 0.717) is 17.1 Å². The van der Waals surface area contributed by atoms with E-state index in [4.69, 9.17) is 9.47 Å². The highest BCUT2D eigenvalue weighted by Crippen LogP contribution is 2.32. The van der Waals surface area contributed by atoms with Crippen LogP contribution in [0.5, 0.6) is 17.2 Å². The molecule has 0 radical (unpaired) electrons. The van der Waals surface area contributed by atoms with Crippen molar-refractivity contribution in [1.82, 2.24) is 4.72 Å². The van der Waals surface area contributed by atoms with Crippen LogP contribution in [0.15, 0.2) is 65.6 Å². The number of hydrogen-bond acceptors (Lipinski definition) is 6. The minimum Gasteiger partial charge on any atom is -0.506 e. The number of aromatic hydroxyl groups is 1. The molecule has 9 heteroatoms. The first-order chi connectivity index (χ1) is 14.8. The van der Waals surface area contributed by atoms with Crippen molar-refractivity contribution in [2.45, 2.75) is 18.4 Å². The number of carbonyl (C=O) groups excluding carboxylic acids is 1. The summed E-state index contributed by atoms with van der Waals surface area (Å²) in [5.41, 5.74) is 1.93. The fourth-order valence-electron chi connectivity index (χ4n) is 3.06. The van der Waals surface area contributed by atoms with Gasteiger partial charge in [-0.3, -0.25) is 4.79 Å². The summed E-state index contributed by atoms with van der Waals surface area (Å²) in [6.45, 7) is 2.00. The van der Waals surface area contributed by atoms with Crippen LogP contribution in [0, 0.1) is 6.92 Å². The van der Waals surface area contributed by atoms with Crippen LogP contribution in [0.3, 0.4) is 0 Å². The molecule has 3 aromatic rings. The molecule has 1 aliphatic heterocycles. The number of aryl methyl sites for hydroxylation is 1. The van der Waals surface area contributed by atoms with E-state index in [9.17, 15) is 18.3 Å². The summed E-state index contributed by atoms with van der Waals surface area (Å²) in [5, 5.41) is 12.6. The van der Waals surface area contributed by atoms with Gasteiger partial charge in [-0.1, -0.05) is 18.2 Å². The van der Waals surface area contributed by atoms with Crippen LogP contribution in [-0.4, -0.2) is 26.2 Å². The number of sulfonamides is 1. The fourth-order valence-corrected chi connectivity index (χ4v) is 4.12. The minimum absolute atomic E-state index is 0.0472. The molecule has 0 atom stereocenters. The molecular weight excluding hydrogens is 420 g/mol. The molecule has 3 N–H and O–H groups in total. The quantitative estimate of drug-likeness (QED) is 0.508. The van der Waals surface area contributed by atoms with Gasteiger partial charge in [0.05, 0.1) is 10.6 Å². The Morgan fingerprint density at radius 3 is 2.65 bits per heavy atom. The van der Waals surface area contributed by atoms with Crippen LogP contribution in [-0.2, 0) is 16.6 Å². The molecule has 0 fully saturated rings. The molecule has 1 amide bonds. The van der Waals surface area contributed by atoms with Gasteiger partial charge in [0.15, 0.2) is 11.5 Å². The third kappa shape index (κ3) is 4.62. The summed E-state index contributed by atoms with van der Waals surface area (Å²) in [7, 11) is -3.87. The monoisotopic (exact) mass is 440 g/mol. The number of carbonyl (C=O) groups is 1. The van der Waals surface area contributed by atoms with Gasteiger partial charge in [-0.15, -0.1) is 0 Å². The Morgan fingerprint density at radius 2 is 1.84 bits per heavy atom. The summed E-state index contributed by atoms with van der Waals surface area (Å²) in [6.07, 6.45) is 0. The second kappa shape index (κ2) is 8.29. The molecule has 0 saturated heterocycles. The number of phenols is 1. The van der Waals surface area contributed by atoms with Crippen molar-refractivity contribution in [3.05, 3.63) is 77.4 Å². The number of benzene rings is 3. The number of hydrogen-bond donors (Lipinski definition) is 3. The topological polar surface area (TPSA) is 114 Å². The third-order valence-electron chi connectivity index (χ3n) is 4.71. The van der Waals surface area contributed by atoms with Crippen molar-refractivity contribution in [3.63, 3.8) is 0 Å². The molecule has 0 saturated carbocycles. The molecule has 1 aliphatic rings. The number of rotatable bonds is 6. The molecule has 31 heavy (non-hydrogen) atoms. The highest BCUT2D eigenvalue weighted by molar-refractivity contribution is 7.89. The average Bonchev–Trinajstić information content (AvgIpc) is 3.22. The first-order valence-electron chi connectivity index (χ1n) is 9.41. The van der Waals surface area contributed by atoms with Crippen LogP contribution >= 0.6 is 0 Å². The predicted molar refractivity (Wildman–Crippen MR) is 114 cm³/mol. The van der Waals surface area contributed by atoms with Crippen molar-refractivity contribution < 1.29 is 27.8 Å². The van der Waals surface area contributed by atoms with Gasteiger partial charge in [-0.2, -0.15) is 0 Å². The maximum Gasteiger partial charge on any atom is 0.255 e. The van der Waals surface area contributed by atoms with Gasteiger partial charge >= 0.3 is 0 Å². The SMILES string of the molecule is Cc1ccc(NC(=O)c2cccc(S(=O)(=O)NCc3ccc4c(c3)OCO4)c2)c(O)c1. The summed E-state index contributed by atoms with van der Waals surface area (Å²) in [4.78, 5) is 12.5. The number of fused-ring (bicyclic) bond motifs is 1. The lowest BCUT2D eigenvalue weighted by Crippen LogP contribution is -2.23. The molecule has 4 rings (SSSR count). The molecule has 160 valence electrons. The van der Waals surface area contributed by atoms with Gasteiger partial charge in [0.2, 0.25) is 16.8 Å². The predicted octanol–water partition coefficient (Wildman–Crippen LogP) is 3.16. The Morgan fingerprint density at radius 1 is 1.03 bits per heavy atom.